The molecule has 2 aliphatic rings. The summed E-state index contributed by atoms with van der Waals surface area (Å²) in [4.78, 5) is 0. The fraction of sp³-hybridized carbons (Fsp3) is 1.00. The molecule has 0 amide bonds. The van der Waals surface area contributed by atoms with Crippen LogP contribution in [0.15, 0.2) is 0 Å². The fourth-order valence-electron chi connectivity index (χ4n) is 1.74. The third-order valence-corrected chi connectivity index (χ3v) is 2.65. The third kappa shape index (κ3) is 0.906. The van der Waals surface area contributed by atoms with Crippen molar-refractivity contribution in [1.82, 2.24) is 0 Å². The molecule has 0 unspecified atom stereocenters. The highest BCUT2D eigenvalue weighted by Crippen LogP contribution is 2.40. The molecule has 3 N–H and O–H groups in total. The molecular formula is C7H12O4. The van der Waals surface area contributed by atoms with Gasteiger partial charge in [0, 0.05) is 5.92 Å². The van der Waals surface area contributed by atoms with Gasteiger partial charge in [0.2, 0.25) is 0 Å². The van der Waals surface area contributed by atoms with Crippen LogP contribution in [-0.4, -0.2) is 45.8 Å². The molecule has 1 heterocycles. The van der Waals surface area contributed by atoms with Gasteiger partial charge >= 0.3 is 0 Å². The Bertz CT molecular complexity index is 154. The molecule has 0 spiro atoms. The van der Waals surface area contributed by atoms with Gasteiger partial charge < -0.3 is 20.1 Å². The maximum Gasteiger partial charge on any atom is 0.113 e. The molecule has 0 aromatic carbocycles. The van der Waals surface area contributed by atoms with Gasteiger partial charge in [-0.15, -0.1) is 0 Å². The molecule has 0 aromatic heterocycles. The van der Waals surface area contributed by atoms with Gasteiger partial charge in [-0.05, 0) is 0 Å². The minimum Gasteiger partial charge on any atom is -0.390 e. The van der Waals surface area contributed by atoms with E-state index in [9.17, 15) is 15.3 Å². The van der Waals surface area contributed by atoms with E-state index in [0.29, 0.717) is 0 Å². The summed E-state index contributed by atoms with van der Waals surface area (Å²) in [6.45, 7) is 1.81. The Morgan fingerprint density at radius 3 is 2.18 bits per heavy atom. The first kappa shape index (κ1) is 7.49. The van der Waals surface area contributed by atoms with Crippen LogP contribution < -0.4 is 0 Å². The Balaban J connectivity index is 2.13. The zero-order valence-corrected chi connectivity index (χ0v) is 6.21. The molecule has 2 rings (SSSR count). The summed E-state index contributed by atoms with van der Waals surface area (Å²) in [5.74, 6) is -0.0709. The van der Waals surface area contributed by atoms with Crippen LogP contribution in [0, 0.1) is 5.92 Å². The van der Waals surface area contributed by atoms with E-state index in [-0.39, 0.29) is 18.1 Å². The predicted octanol–water partition coefficient (Wildman–Crippen LogP) is -1.51. The number of ether oxygens (including phenoxy) is 1. The van der Waals surface area contributed by atoms with Crippen molar-refractivity contribution in [3.05, 3.63) is 0 Å². The fourth-order valence-corrected chi connectivity index (χ4v) is 1.74. The maximum atomic E-state index is 9.32. The monoisotopic (exact) mass is 160 g/mol. The first-order chi connectivity index (χ1) is 5.13. The molecule has 2 fully saturated rings. The highest BCUT2D eigenvalue weighted by atomic mass is 16.6. The molecule has 0 bridgehead atoms. The van der Waals surface area contributed by atoms with Crippen molar-refractivity contribution in [3.8, 4) is 0 Å². The summed E-state index contributed by atoms with van der Waals surface area (Å²) in [7, 11) is 0. The van der Waals surface area contributed by atoms with Crippen LogP contribution in [0.2, 0.25) is 0 Å². The lowest BCUT2D eigenvalue weighted by atomic mass is 9.84. The summed E-state index contributed by atoms with van der Waals surface area (Å²) in [6, 6.07) is 0. The van der Waals surface area contributed by atoms with Crippen LogP contribution in [0.25, 0.3) is 0 Å². The van der Waals surface area contributed by atoms with Crippen molar-refractivity contribution < 1.29 is 20.1 Å². The largest absolute Gasteiger partial charge is 0.390 e. The van der Waals surface area contributed by atoms with E-state index < -0.39 is 18.3 Å². The van der Waals surface area contributed by atoms with E-state index >= 15 is 0 Å². The van der Waals surface area contributed by atoms with Crippen molar-refractivity contribution >= 4 is 0 Å². The van der Waals surface area contributed by atoms with Gasteiger partial charge in [0.15, 0.2) is 0 Å². The van der Waals surface area contributed by atoms with Gasteiger partial charge in [-0.25, -0.2) is 0 Å². The van der Waals surface area contributed by atoms with Crippen molar-refractivity contribution in [2.24, 2.45) is 5.92 Å². The van der Waals surface area contributed by atoms with Gasteiger partial charge in [-0.1, -0.05) is 6.92 Å². The lowest BCUT2D eigenvalue weighted by Crippen LogP contribution is -2.50. The summed E-state index contributed by atoms with van der Waals surface area (Å²) in [6.07, 6.45) is -3.11. The molecular weight excluding hydrogens is 148 g/mol. The molecule has 64 valence electrons. The van der Waals surface area contributed by atoms with Gasteiger partial charge in [-0.3, -0.25) is 0 Å². The maximum absolute atomic E-state index is 9.32. The number of hydrogen-bond acceptors (Lipinski definition) is 4. The van der Waals surface area contributed by atoms with Crippen LogP contribution in [0.3, 0.4) is 0 Å². The van der Waals surface area contributed by atoms with E-state index in [1.807, 2.05) is 6.92 Å². The lowest BCUT2D eigenvalue weighted by molar-refractivity contribution is -0.0941. The molecule has 1 saturated carbocycles. The zero-order valence-electron chi connectivity index (χ0n) is 6.21. The normalized spacial score (nSPS) is 62.2. The molecule has 1 aliphatic heterocycles. The number of fused-ring (bicyclic) bond motifs is 1. The second-order valence-corrected chi connectivity index (χ2v) is 3.40. The van der Waals surface area contributed by atoms with E-state index in [0.717, 1.165) is 0 Å². The second-order valence-electron chi connectivity index (χ2n) is 3.40. The van der Waals surface area contributed by atoms with E-state index in [1.165, 1.54) is 0 Å². The van der Waals surface area contributed by atoms with Crippen molar-refractivity contribution in [3.63, 3.8) is 0 Å². The average molecular weight is 160 g/mol. The quantitative estimate of drug-likeness (QED) is 0.376. The summed E-state index contributed by atoms with van der Waals surface area (Å²) < 4.78 is 5.07. The highest BCUT2D eigenvalue weighted by Gasteiger charge is 2.58. The van der Waals surface area contributed by atoms with Crippen molar-refractivity contribution in [2.75, 3.05) is 0 Å². The van der Waals surface area contributed by atoms with Gasteiger partial charge in [0.05, 0.1) is 12.2 Å². The predicted molar refractivity (Wildman–Crippen MR) is 35.8 cm³/mol. The smallest absolute Gasteiger partial charge is 0.113 e. The van der Waals surface area contributed by atoms with E-state index in [2.05, 4.69) is 0 Å². The van der Waals surface area contributed by atoms with Gasteiger partial charge in [0.1, 0.15) is 18.3 Å². The molecule has 1 saturated heterocycles. The molecule has 0 aromatic rings. The Morgan fingerprint density at radius 2 is 1.55 bits per heavy atom. The number of rotatable bonds is 0. The van der Waals surface area contributed by atoms with Crippen molar-refractivity contribution in [2.45, 2.75) is 37.4 Å². The Hall–Kier alpha value is -0.160. The minimum atomic E-state index is -1.05. The Labute approximate surface area is 64.4 Å². The first-order valence-corrected chi connectivity index (χ1v) is 3.82. The summed E-state index contributed by atoms with van der Waals surface area (Å²) >= 11 is 0. The zero-order chi connectivity index (χ0) is 8.17. The Morgan fingerprint density at radius 1 is 0.909 bits per heavy atom. The number of aliphatic hydroxyl groups is 3. The topological polar surface area (TPSA) is 73.2 Å². The van der Waals surface area contributed by atoms with Crippen LogP contribution in [-0.2, 0) is 4.74 Å². The highest BCUT2D eigenvalue weighted by molar-refractivity contribution is 5.06. The van der Waals surface area contributed by atoms with E-state index in [4.69, 9.17) is 4.74 Å². The van der Waals surface area contributed by atoms with Crippen LogP contribution in [0.1, 0.15) is 6.92 Å². The molecule has 1 aliphatic carbocycles. The van der Waals surface area contributed by atoms with Gasteiger partial charge in [0.25, 0.3) is 0 Å². The SMILES string of the molecule is C[C@@H]1[C@@H](O)[C@H](O)[C@@H](O)[C@@H]2O[C@H]12. The molecule has 0 radical (unpaired) electrons. The first-order valence-electron chi connectivity index (χ1n) is 3.82. The summed E-state index contributed by atoms with van der Waals surface area (Å²) in [5.41, 5.74) is 0. The number of hydrogen-bond donors (Lipinski definition) is 3. The van der Waals surface area contributed by atoms with Gasteiger partial charge in [-0.2, -0.15) is 0 Å². The molecule has 11 heavy (non-hydrogen) atoms. The standard InChI is InChI=1S/C7H12O4/c1-2-3(8)4(9)5(10)7-6(2)11-7/h2-10H,1H3/t2-,3-,4+,5-,6-,7+/m1/s1. The molecule has 6 atom stereocenters. The second kappa shape index (κ2) is 2.17. The van der Waals surface area contributed by atoms with Crippen LogP contribution in [0.5, 0.6) is 0 Å². The summed E-state index contributed by atoms with van der Waals surface area (Å²) in [5, 5.41) is 27.8. The minimum absolute atomic E-state index is 0.0524. The van der Waals surface area contributed by atoms with Crippen LogP contribution in [0.4, 0.5) is 0 Å². The molecule has 4 nitrogen and oxygen atoms in total. The number of epoxide rings is 1. The lowest BCUT2D eigenvalue weighted by Gasteiger charge is -2.29. The number of aliphatic hydroxyl groups excluding tert-OH is 3. The molecule has 4 heteroatoms. The van der Waals surface area contributed by atoms with E-state index in [1.54, 1.807) is 0 Å². The van der Waals surface area contributed by atoms with Crippen LogP contribution >= 0.6 is 0 Å². The third-order valence-electron chi connectivity index (χ3n) is 2.65. The average Bonchev–Trinajstić information content (AvgIpc) is 2.76. The Kier molecular flexibility index (Phi) is 1.47. The van der Waals surface area contributed by atoms with Crippen molar-refractivity contribution in [1.29, 1.82) is 0 Å².